The number of hydrogen-bond donors (Lipinski definition) is 0. The third kappa shape index (κ3) is 2.52. The zero-order valence-electron chi connectivity index (χ0n) is 8.59. The van der Waals surface area contributed by atoms with Gasteiger partial charge in [0.1, 0.15) is 5.75 Å². The maximum Gasteiger partial charge on any atom is 0.263 e. The lowest BCUT2D eigenvalue weighted by Crippen LogP contribution is -2.01. The van der Waals surface area contributed by atoms with E-state index in [2.05, 4.69) is 0 Å². The molecular weight excluding hydrogens is 202 g/mol. The fourth-order valence-corrected chi connectivity index (χ4v) is 1.26. The molecule has 0 unspecified atom stereocenters. The fraction of sp³-hybridized carbons (Fsp3) is 0.364. The van der Waals surface area contributed by atoms with Crippen LogP contribution in [0.5, 0.6) is 5.75 Å². The van der Waals surface area contributed by atoms with Crippen LogP contribution in [0.4, 0.5) is 8.78 Å². The van der Waals surface area contributed by atoms with E-state index in [9.17, 15) is 13.6 Å². The Morgan fingerprint density at radius 3 is 2.60 bits per heavy atom. The summed E-state index contributed by atoms with van der Waals surface area (Å²) in [6.07, 6.45) is -2.23. The third-order valence-electron chi connectivity index (χ3n) is 2.10. The molecule has 0 radical (unpaired) electrons. The summed E-state index contributed by atoms with van der Waals surface area (Å²) in [7, 11) is 1.36. The molecule has 15 heavy (non-hydrogen) atoms. The van der Waals surface area contributed by atoms with Crippen molar-refractivity contribution < 1.29 is 18.3 Å². The van der Waals surface area contributed by atoms with E-state index in [0.717, 1.165) is 0 Å². The minimum atomic E-state index is -2.55. The van der Waals surface area contributed by atoms with Crippen molar-refractivity contribution >= 4 is 5.78 Å². The van der Waals surface area contributed by atoms with E-state index in [1.165, 1.54) is 25.3 Å². The average molecular weight is 214 g/mol. The summed E-state index contributed by atoms with van der Waals surface area (Å²) in [6, 6.07) is 3.83. The first-order chi connectivity index (χ1) is 7.10. The molecule has 0 aliphatic heterocycles. The zero-order valence-corrected chi connectivity index (χ0v) is 8.59. The number of benzene rings is 1. The number of alkyl halides is 2. The van der Waals surface area contributed by atoms with Crippen molar-refractivity contribution in [3.05, 3.63) is 29.3 Å². The van der Waals surface area contributed by atoms with Gasteiger partial charge in [0.2, 0.25) is 0 Å². The zero-order chi connectivity index (χ0) is 11.4. The molecule has 0 aliphatic rings. The summed E-state index contributed by atoms with van der Waals surface area (Å²) in [5, 5.41) is 0. The molecule has 0 fully saturated rings. The molecule has 1 aromatic rings. The van der Waals surface area contributed by atoms with Gasteiger partial charge in [-0.3, -0.25) is 4.79 Å². The molecule has 1 rings (SSSR count). The van der Waals surface area contributed by atoms with Crippen molar-refractivity contribution in [1.82, 2.24) is 0 Å². The second kappa shape index (κ2) is 4.87. The highest BCUT2D eigenvalue weighted by Crippen LogP contribution is 2.27. The quantitative estimate of drug-likeness (QED) is 0.719. The Hall–Kier alpha value is -1.45. The second-order valence-electron chi connectivity index (χ2n) is 3.04. The van der Waals surface area contributed by atoms with E-state index < -0.39 is 6.43 Å². The molecule has 4 heteroatoms. The minimum Gasteiger partial charge on any atom is -0.496 e. The molecule has 2 nitrogen and oxygen atoms in total. The maximum atomic E-state index is 12.4. The largest absolute Gasteiger partial charge is 0.496 e. The lowest BCUT2D eigenvalue weighted by Gasteiger charge is -2.08. The number of halogens is 2. The number of methoxy groups -OCH3 is 1. The number of Topliss-reactive ketones (excluding diaryl/α,β-unsaturated/α-hetero) is 1. The molecule has 0 atom stereocenters. The van der Waals surface area contributed by atoms with Crippen LogP contribution in [0.2, 0.25) is 0 Å². The van der Waals surface area contributed by atoms with E-state index in [4.69, 9.17) is 4.74 Å². The highest BCUT2D eigenvalue weighted by Gasteiger charge is 2.14. The van der Waals surface area contributed by atoms with Crippen LogP contribution in [0.15, 0.2) is 18.2 Å². The first kappa shape index (κ1) is 11.6. The predicted octanol–water partition coefficient (Wildman–Crippen LogP) is 3.23. The summed E-state index contributed by atoms with van der Waals surface area (Å²) < 4.78 is 29.6. The van der Waals surface area contributed by atoms with Gasteiger partial charge in [-0.15, -0.1) is 0 Å². The number of hydrogen-bond acceptors (Lipinski definition) is 2. The van der Waals surface area contributed by atoms with E-state index in [-0.39, 0.29) is 17.1 Å². The van der Waals surface area contributed by atoms with Crippen molar-refractivity contribution in [2.45, 2.75) is 19.8 Å². The maximum absolute atomic E-state index is 12.4. The minimum absolute atomic E-state index is 0.118. The lowest BCUT2D eigenvalue weighted by molar-refractivity contribution is 0.0984. The van der Waals surface area contributed by atoms with Crippen molar-refractivity contribution in [1.29, 1.82) is 0 Å². The molecule has 0 N–H and O–H groups in total. The van der Waals surface area contributed by atoms with E-state index in [1.54, 1.807) is 6.92 Å². The van der Waals surface area contributed by atoms with Gasteiger partial charge < -0.3 is 4.74 Å². The van der Waals surface area contributed by atoms with Gasteiger partial charge in [0, 0.05) is 12.0 Å². The Labute approximate surface area is 86.9 Å². The molecule has 82 valence electrons. The first-order valence-corrected chi connectivity index (χ1v) is 4.59. The fourth-order valence-electron chi connectivity index (χ4n) is 1.26. The molecular formula is C11H12F2O2. The number of carbonyl (C=O) groups is 1. The van der Waals surface area contributed by atoms with E-state index >= 15 is 0 Å². The van der Waals surface area contributed by atoms with Gasteiger partial charge in [-0.25, -0.2) is 8.78 Å². The molecule has 0 heterocycles. The smallest absolute Gasteiger partial charge is 0.263 e. The highest BCUT2D eigenvalue weighted by molar-refractivity contribution is 5.98. The van der Waals surface area contributed by atoms with Gasteiger partial charge in [0.25, 0.3) is 6.43 Å². The van der Waals surface area contributed by atoms with Crippen LogP contribution in [-0.2, 0) is 0 Å². The summed E-state index contributed by atoms with van der Waals surface area (Å²) in [5.74, 6) is 0.0901. The molecule has 0 saturated heterocycles. The van der Waals surface area contributed by atoms with Gasteiger partial charge in [-0.1, -0.05) is 13.0 Å². The molecule has 0 amide bonds. The Balaban J connectivity index is 3.15. The van der Waals surface area contributed by atoms with Crippen LogP contribution in [0.25, 0.3) is 0 Å². The van der Waals surface area contributed by atoms with E-state index in [0.29, 0.717) is 12.0 Å². The lowest BCUT2D eigenvalue weighted by atomic mass is 10.1. The van der Waals surface area contributed by atoms with E-state index in [1.807, 2.05) is 0 Å². The normalized spacial score (nSPS) is 10.5. The Morgan fingerprint density at radius 1 is 1.47 bits per heavy atom. The van der Waals surface area contributed by atoms with Gasteiger partial charge >= 0.3 is 0 Å². The topological polar surface area (TPSA) is 26.3 Å². The van der Waals surface area contributed by atoms with Crippen LogP contribution in [0.1, 0.15) is 35.7 Å². The van der Waals surface area contributed by atoms with Crippen LogP contribution in [0.3, 0.4) is 0 Å². The number of rotatable bonds is 4. The van der Waals surface area contributed by atoms with Crippen LogP contribution < -0.4 is 4.74 Å². The van der Waals surface area contributed by atoms with Crippen molar-refractivity contribution in [3.63, 3.8) is 0 Å². The monoisotopic (exact) mass is 214 g/mol. The standard InChI is InChI=1S/C11H12F2O2/c1-3-9(14)8-5-4-7(11(12)13)6-10(8)15-2/h4-6,11H,3H2,1-2H3. The SMILES string of the molecule is CCC(=O)c1ccc(C(F)F)cc1OC. The van der Waals surface area contributed by atoms with Gasteiger partial charge in [-0.2, -0.15) is 0 Å². The number of carbonyl (C=O) groups excluding carboxylic acids is 1. The second-order valence-corrected chi connectivity index (χ2v) is 3.04. The summed E-state index contributed by atoms with van der Waals surface area (Å²) >= 11 is 0. The first-order valence-electron chi connectivity index (χ1n) is 4.59. The number of ether oxygens (including phenoxy) is 1. The third-order valence-corrected chi connectivity index (χ3v) is 2.10. The Bertz CT molecular complexity index is 362. The molecule has 0 spiro atoms. The Morgan fingerprint density at radius 2 is 2.13 bits per heavy atom. The summed E-state index contributed by atoms with van der Waals surface area (Å²) in [6.45, 7) is 1.71. The molecule has 0 bridgehead atoms. The molecule has 0 saturated carbocycles. The van der Waals surface area contributed by atoms with Gasteiger partial charge in [0.15, 0.2) is 5.78 Å². The van der Waals surface area contributed by atoms with Crippen molar-refractivity contribution in [2.24, 2.45) is 0 Å². The average Bonchev–Trinajstić information content (AvgIpc) is 2.27. The highest BCUT2D eigenvalue weighted by atomic mass is 19.3. The van der Waals surface area contributed by atoms with Crippen molar-refractivity contribution in [2.75, 3.05) is 7.11 Å². The predicted molar refractivity (Wildman–Crippen MR) is 52.6 cm³/mol. The van der Waals surface area contributed by atoms with Gasteiger partial charge in [-0.05, 0) is 12.1 Å². The summed E-state index contributed by atoms with van der Waals surface area (Å²) in [5.41, 5.74) is 0.212. The molecule has 1 aromatic carbocycles. The molecule has 0 aromatic heterocycles. The Kier molecular flexibility index (Phi) is 3.77. The van der Waals surface area contributed by atoms with Crippen LogP contribution in [0, 0.1) is 0 Å². The van der Waals surface area contributed by atoms with Gasteiger partial charge in [0.05, 0.1) is 12.7 Å². The van der Waals surface area contributed by atoms with Crippen LogP contribution in [-0.4, -0.2) is 12.9 Å². The van der Waals surface area contributed by atoms with Crippen LogP contribution >= 0.6 is 0 Å². The summed E-state index contributed by atoms with van der Waals surface area (Å²) in [4.78, 5) is 11.4. The molecule has 0 aliphatic carbocycles. The van der Waals surface area contributed by atoms with Crippen molar-refractivity contribution in [3.8, 4) is 5.75 Å². The number of ketones is 1.